The van der Waals surface area contributed by atoms with Gasteiger partial charge in [0, 0.05) is 25.2 Å². The molecular weight excluding hydrogens is 314 g/mol. The second-order valence-electron chi connectivity index (χ2n) is 7.27. The van der Waals surface area contributed by atoms with Gasteiger partial charge in [0.15, 0.2) is 9.84 Å². The molecule has 3 rings (SSSR count). The van der Waals surface area contributed by atoms with Crippen LogP contribution in [0.2, 0.25) is 0 Å². The molecule has 3 fully saturated rings. The molecule has 3 heterocycles. The molecule has 1 N–H and O–H groups in total. The van der Waals surface area contributed by atoms with E-state index < -0.39 is 9.84 Å². The lowest BCUT2D eigenvalue weighted by atomic mass is 10.0. The predicted molar refractivity (Wildman–Crippen MR) is 90.1 cm³/mol. The van der Waals surface area contributed by atoms with E-state index in [0.29, 0.717) is 0 Å². The van der Waals surface area contributed by atoms with Gasteiger partial charge in [0.05, 0.1) is 17.5 Å². The van der Waals surface area contributed by atoms with Crippen LogP contribution in [-0.4, -0.2) is 79.9 Å². The summed E-state index contributed by atoms with van der Waals surface area (Å²) >= 11 is 0. The molecule has 3 aliphatic heterocycles. The zero-order chi connectivity index (χ0) is 16.4. The van der Waals surface area contributed by atoms with Gasteiger partial charge in [-0.05, 0) is 45.7 Å². The molecule has 0 aromatic carbocycles. The molecule has 0 bridgehead atoms. The summed E-state index contributed by atoms with van der Waals surface area (Å²) in [5.74, 6) is 0.505. The van der Waals surface area contributed by atoms with E-state index in [4.69, 9.17) is 0 Å². The quantitative estimate of drug-likeness (QED) is 0.792. The average Bonchev–Trinajstić information content (AvgIpc) is 3.15. The Morgan fingerprint density at radius 1 is 1.00 bits per heavy atom. The van der Waals surface area contributed by atoms with Crippen LogP contribution < -0.4 is 5.32 Å². The van der Waals surface area contributed by atoms with Gasteiger partial charge in [-0.1, -0.05) is 6.42 Å². The number of hydrogen-bond acceptors (Lipinski definition) is 5. The molecule has 0 aromatic rings. The summed E-state index contributed by atoms with van der Waals surface area (Å²) in [7, 11) is -3.01. The van der Waals surface area contributed by atoms with Crippen molar-refractivity contribution in [1.82, 2.24) is 15.1 Å². The average molecular weight is 343 g/mol. The number of nitrogens with one attached hydrogen (secondary N) is 1. The van der Waals surface area contributed by atoms with Crippen molar-refractivity contribution in [2.24, 2.45) is 0 Å². The summed E-state index contributed by atoms with van der Waals surface area (Å²) in [5.41, 5.74) is 0. The van der Waals surface area contributed by atoms with Crippen LogP contribution in [0, 0.1) is 0 Å². The highest BCUT2D eigenvalue weighted by atomic mass is 32.2. The summed E-state index contributed by atoms with van der Waals surface area (Å²) in [4.78, 5) is 16.7. The first kappa shape index (κ1) is 17.2. The third kappa shape index (κ3) is 4.06. The minimum absolute atomic E-state index is 0.0223. The largest absolute Gasteiger partial charge is 0.341 e. The fourth-order valence-corrected chi connectivity index (χ4v) is 6.17. The van der Waals surface area contributed by atoms with Crippen LogP contribution in [0.15, 0.2) is 0 Å². The normalized spacial score (nSPS) is 33.0. The molecule has 0 saturated carbocycles. The van der Waals surface area contributed by atoms with Crippen molar-refractivity contribution in [3.05, 3.63) is 0 Å². The van der Waals surface area contributed by atoms with E-state index in [1.54, 1.807) is 0 Å². The number of hydrogen-bond donors (Lipinski definition) is 1. The zero-order valence-corrected chi connectivity index (χ0v) is 14.9. The highest BCUT2D eigenvalue weighted by molar-refractivity contribution is 7.91. The van der Waals surface area contributed by atoms with Crippen LogP contribution in [0.3, 0.4) is 0 Å². The Balaban J connectivity index is 1.64. The lowest BCUT2D eigenvalue weighted by Gasteiger charge is -2.36. The van der Waals surface area contributed by atoms with Crippen molar-refractivity contribution in [1.29, 1.82) is 0 Å². The van der Waals surface area contributed by atoms with Gasteiger partial charge in [-0.2, -0.15) is 0 Å². The number of carbonyl (C=O) groups excluding carboxylic acids is 1. The number of amides is 1. The summed E-state index contributed by atoms with van der Waals surface area (Å²) in [6, 6.07) is -0.410. The van der Waals surface area contributed by atoms with Crippen LogP contribution in [-0.2, 0) is 14.6 Å². The lowest BCUT2D eigenvalue weighted by Crippen LogP contribution is -2.56. The summed E-state index contributed by atoms with van der Waals surface area (Å²) in [6.45, 7) is 5.51. The van der Waals surface area contributed by atoms with Gasteiger partial charge in [-0.15, -0.1) is 0 Å². The van der Waals surface area contributed by atoms with E-state index in [-0.39, 0.29) is 35.5 Å². The van der Waals surface area contributed by atoms with Crippen LogP contribution in [0.25, 0.3) is 0 Å². The van der Waals surface area contributed by atoms with Crippen molar-refractivity contribution in [3.8, 4) is 0 Å². The number of piperidine rings is 1. The fraction of sp³-hybridized carbons (Fsp3) is 0.938. The molecule has 3 saturated heterocycles. The Morgan fingerprint density at radius 2 is 1.61 bits per heavy atom. The van der Waals surface area contributed by atoms with E-state index in [9.17, 15) is 13.2 Å². The van der Waals surface area contributed by atoms with Gasteiger partial charge in [-0.3, -0.25) is 9.69 Å². The molecule has 0 aliphatic carbocycles. The van der Waals surface area contributed by atoms with Gasteiger partial charge in [-0.25, -0.2) is 8.42 Å². The van der Waals surface area contributed by atoms with Crippen LogP contribution >= 0.6 is 0 Å². The van der Waals surface area contributed by atoms with Gasteiger partial charge >= 0.3 is 0 Å². The van der Waals surface area contributed by atoms with Crippen molar-refractivity contribution in [2.45, 2.75) is 57.2 Å². The van der Waals surface area contributed by atoms with E-state index >= 15 is 0 Å². The molecule has 0 spiro atoms. The Bertz CT molecular complexity index is 525. The van der Waals surface area contributed by atoms with E-state index in [1.165, 1.54) is 6.42 Å². The minimum Gasteiger partial charge on any atom is -0.341 e. The minimum atomic E-state index is -3.01. The molecule has 7 heteroatoms. The van der Waals surface area contributed by atoms with E-state index in [2.05, 4.69) is 10.2 Å². The Morgan fingerprint density at radius 3 is 2.26 bits per heavy atom. The Hall–Kier alpha value is -0.660. The first-order valence-corrected chi connectivity index (χ1v) is 10.8. The second kappa shape index (κ2) is 7.07. The van der Waals surface area contributed by atoms with Crippen LogP contribution in [0.1, 0.15) is 39.0 Å². The molecular formula is C16H29N3O3S. The lowest BCUT2D eigenvalue weighted by molar-refractivity contribution is -0.132. The maximum atomic E-state index is 12.5. The van der Waals surface area contributed by atoms with Gasteiger partial charge in [0.2, 0.25) is 5.91 Å². The van der Waals surface area contributed by atoms with Crippen molar-refractivity contribution in [2.75, 3.05) is 37.7 Å². The smallest absolute Gasteiger partial charge is 0.239 e. The third-order valence-corrected chi connectivity index (χ3v) is 7.15. The molecule has 0 radical (unpaired) electrons. The number of carbonyl (C=O) groups is 1. The summed E-state index contributed by atoms with van der Waals surface area (Å²) in [5, 5.41) is 3.35. The van der Waals surface area contributed by atoms with Crippen molar-refractivity contribution in [3.63, 3.8) is 0 Å². The molecule has 132 valence electrons. The maximum Gasteiger partial charge on any atom is 0.239 e. The summed E-state index contributed by atoms with van der Waals surface area (Å²) in [6.07, 6.45) is 5.67. The zero-order valence-electron chi connectivity index (χ0n) is 14.0. The third-order valence-electron chi connectivity index (χ3n) is 5.43. The van der Waals surface area contributed by atoms with E-state index in [1.807, 2.05) is 11.8 Å². The number of likely N-dealkylation sites (tertiary alicyclic amines) is 2. The predicted octanol–water partition coefficient (Wildman–Crippen LogP) is 0.238. The monoisotopic (exact) mass is 343 g/mol. The Labute approximate surface area is 139 Å². The molecule has 6 nitrogen and oxygen atoms in total. The number of nitrogens with zero attached hydrogens (tertiary/aromatic N) is 2. The standard InChI is InChI=1S/C16H29N3O3S/c1-13(16(20)19-9-5-6-10-19)17-14-11-23(21,22)12-15(14)18-7-3-2-4-8-18/h13-15,17H,2-12H2,1H3/t13-,14-,15-/m0/s1. The molecule has 1 amide bonds. The number of rotatable bonds is 4. The first-order valence-electron chi connectivity index (χ1n) is 8.95. The SMILES string of the molecule is C[C@H](N[C@H]1CS(=O)(=O)C[C@@H]1N1CCCCC1)C(=O)N1CCCC1. The molecule has 0 aromatic heterocycles. The number of sulfone groups is 1. The van der Waals surface area contributed by atoms with Crippen molar-refractivity contribution < 1.29 is 13.2 Å². The first-order chi connectivity index (χ1) is 11.0. The Kier molecular flexibility index (Phi) is 5.28. The second-order valence-corrected chi connectivity index (χ2v) is 9.42. The fourth-order valence-electron chi connectivity index (χ4n) is 4.20. The topological polar surface area (TPSA) is 69.7 Å². The summed E-state index contributed by atoms with van der Waals surface area (Å²) < 4.78 is 24.3. The molecule has 0 unspecified atom stereocenters. The van der Waals surface area contributed by atoms with E-state index in [0.717, 1.165) is 51.9 Å². The van der Waals surface area contributed by atoms with Crippen LogP contribution in [0.5, 0.6) is 0 Å². The van der Waals surface area contributed by atoms with Gasteiger partial charge in [0.1, 0.15) is 0 Å². The van der Waals surface area contributed by atoms with Gasteiger partial charge in [0.25, 0.3) is 0 Å². The molecule has 3 aliphatic rings. The van der Waals surface area contributed by atoms with Gasteiger partial charge < -0.3 is 10.2 Å². The molecule has 3 atom stereocenters. The highest BCUT2D eigenvalue weighted by Gasteiger charge is 2.42. The maximum absolute atomic E-state index is 12.5. The highest BCUT2D eigenvalue weighted by Crippen LogP contribution is 2.23. The van der Waals surface area contributed by atoms with Crippen LogP contribution in [0.4, 0.5) is 0 Å². The van der Waals surface area contributed by atoms with Crippen molar-refractivity contribution >= 4 is 15.7 Å². The molecule has 23 heavy (non-hydrogen) atoms.